The first-order valence-electron chi connectivity index (χ1n) is 4.11. The number of halogens is 1. The van der Waals surface area contributed by atoms with Crippen molar-refractivity contribution in [1.82, 2.24) is 0 Å². The largest absolute Gasteiger partial charge is 0.459 e. The highest BCUT2D eigenvalue weighted by Gasteiger charge is 2.02. The third-order valence-electron chi connectivity index (χ3n) is 1.55. The molecule has 0 aliphatic heterocycles. The van der Waals surface area contributed by atoms with E-state index in [2.05, 4.69) is 4.74 Å². The van der Waals surface area contributed by atoms with Crippen molar-refractivity contribution >= 4 is 5.97 Å². The van der Waals surface area contributed by atoms with Crippen LogP contribution in [-0.2, 0) is 20.9 Å². The van der Waals surface area contributed by atoms with E-state index in [0.717, 1.165) is 0 Å². The molecule has 3 nitrogen and oxygen atoms in total. The van der Waals surface area contributed by atoms with Crippen molar-refractivity contribution in [3.05, 3.63) is 35.6 Å². The predicted molar refractivity (Wildman–Crippen MR) is 48.1 cm³/mol. The van der Waals surface area contributed by atoms with E-state index < -0.39 is 5.97 Å². The number of rotatable bonds is 4. The second kappa shape index (κ2) is 5.34. The first-order chi connectivity index (χ1) is 6.72. The minimum atomic E-state index is -0.461. The van der Waals surface area contributed by atoms with Crippen molar-refractivity contribution in [3.63, 3.8) is 0 Å². The van der Waals surface area contributed by atoms with Gasteiger partial charge in [0, 0.05) is 7.11 Å². The van der Waals surface area contributed by atoms with Gasteiger partial charge in [0.05, 0.1) is 0 Å². The van der Waals surface area contributed by atoms with E-state index in [1.807, 2.05) is 0 Å². The number of benzene rings is 1. The Labute approximate surface area is 81.4 Å². The summed E-state index contributed by atoms with van der Waals surface area (Å²) in [7, 11) is 1.41. The van der Waals surface area contributed by atoms with Crippen LogP contribution in [0.2, 0.25) is 0 Å². The first kappa shape index (κ1) is 10.7. The minimum absolute atomic E-state index is 0.0694. The standard InChI is InChI=1S/C10H11FO3/c1-13-7-10(12)14-6-8-3-2-4-9(11)5-8/h2-5H,6-7H2,1H3. The molecule has 0 heterocycles. The van der Waals surface area contributed by atoms with Crippen molar-refractivity contribution in [3.8, 4) is 0 Å². The van der Waals surface area contributed by atoms with Crippen molar-refractivity contribution in [2.45, 2.75) is 6.61 Å². The van der Waals surface area contributed by atoms with Crippen molar-refractivity contribution < 1.29 is 18.7 Å². The lowest BCUT2D eigenvalue weighted by atomic mass is 10.2. The molecule has 0 aliphatic carbocycles. The summed E-state index contributed by atoms with van der Waals surface area (Å²) in [5, 5.41) is 0. The summed E-state index contributed by atoms with van der Waals surface area (Å²) in [6, 6.07) is 5.90. The fraction of sp³-hybridized carbons (Fsp3) is 0.300. The van der Waals surface area contributed by atoms with Gasteiger partial charge in [0.25, 0.3) is 0 Å². The lowest BCUT2D eigenvalue weighted by Gasteiger charge is -2.03. The van der Waals surface area contributed by atoms with Crippen LogP contribution in [0.3, 0.4) is 0 Å². The van der Waals surface area contributed by atoms with Crippen LogP contribution in [0, 0.1) is 5.82 Å². The molecule has 0 spiro atoms. The summed E-state index contributed by atoms with van der Waals surface area (Å²) in [4.78, 5) is 10.9. The number of ether oxygens (including phenoxy) is 2. The summed E-state index contributed by atoms with van der Waals surface area (Å²) < 4.78 is 22.0. The van der Waals surface area contributed by atoms with Crippen LogP contribution in [0.15, 0.2) is 24.3 Å². The molecule has 0 atom stereocenters. The van der Waals surface area contributed by atoms with Gasteiger partial charge in [0.1, 0.15) is 19.0 Å². The van der Waals surface area contributed by atoms with Crippen LogP contribution in [0.4, 0.5) is 4.39 Å². The van der Waals surface area contributed by atoms with Gasteiger partial charge in [-0.3, -0.25) is 0 Å². The zero-order chi connectivity index (χ0) is 10.4. The van der Waals surface area contributed by atoms with Crippen LogP contribution in [0.25, 0.3) is 0 Å². The summed E-state index contributed by atoms with van der Waals surface area (Å²) in [5.74, 6) is -0.804. The summed E-state index contributed by atoms with van der Waals surface area (Å²) >= 11 is 0. The van der Waals surface area contributed by atoms with Crippen LogP contribution < -0.4 is 0 Å². The van der Waals surface area contributed by atoms with Gasteiger partial charge in [-0.2, -0.15) is 0 Å². The first-order valence-corrected chi connectivity index (χ1v) is 4.11. The highest BCUT2D eigenvalue weighted by molar-refractivity contribution is 5.70. The summed E-state index contributed by atoms with van der Waals surface area (Å²) in [5.41, 5.74) is 0.620. The molecule has 0 bridgehead atoms. The molecule has 0 aromatic heterocycles. The van der Waals surface area contributed by atoms with Crippen LogP contribution in [0.5, 0.6) is 0 Å². The van der Waals surface area contributed by atoms with E-state index >= 15 is 0 Å². The molecule has 1 rings (SSSR count). The number of hydrogen-bond acceptors (Lipinski definition) is 3. The van der Waals surface area contributed by atoms with Crippen molar-refractivity contribution in [2.24, 2.45) is 0 Å². The van der Waals surface area contributed by atoms with Crippen LogP contribution in [-0.4, -0.2) is 19.7 Å². The molecule has 0 saturated carbocycles. The van der Waals surface area contributed by atoms with Gasteiger partial charge in [-0.25, -0.2) is 9.18 Å². The second-order valence-electron chi connectivity index (χ2n) is 2.72. The highest BCUT2D eigenvalue weighted by atomic mass is 19.1. The molecule has 0 aliphatic rings. The minimum Gasteiger partial charge on any atom is -0.459 e. The Morgan fingerprint density at radius 3 is 2.93 bits per heavy atom. The Bertz CT molecular complexity index is 312. The van der Waals surface area contributed by atoms with Gasteiger partial charge in [-0.1, -0.05) is 12.1 Å². The number of carbonyl (C=O) groups excluding carboxylic acids is 1. The fourth-order valence-corrected chi connectivity index (χ4v) is 0.950. The average molecular weight is 198 g/mol. The molecule has 0 unspecified atom stereocenters. The third-order valence-corrected chi connectivity index (χ3v) is 1.55. The molecular weight excluding hydrogens is 187 g/mol. The molecule has 4 heteroatoms. The van der Waals surface area contributed by atoms with Gasteiger partial charge in [0.15, 0.2) is 0 Å². The van der Waals surface area contributed by atoms with E-state index in [-0.39, 0.29) is 19.0 Å². The zero-order valence-corrected chi connectivity index (χ0v) is 7.83. The number of methoxy groups -OCH3 is 1. The predicted octanol–water partition coefficient (Wildman–Crippen LogP) is 1.52. The molecule has 76 valence electrons. The molecule has 0 fully saturated rings. The lowest BCUT2D eigenvalue weighted by Crippen LogP contribution is -2.10. The number of carbonyl (C=O) groups is 1. The number of esters is 1. The summed E-state index contributed by atoms with van der Waals surface area (Å²) in [6.45, 7) is -0.0186. The lowest BCUT2D eigenvalue weighted by molar-refractivity contribution is -0.149. The van der Waals surface area contributed by atoms with Crippen molar-refractivity contribution in [1.29, 1.82) is 0 Å². The molecule has 14 heavy (non-hydrogen) atoms. The topological polar surface area (TPSA) is 35.5 Å². The van der Waals surface area contributed by atoms with E-state index in [9.17, 15) is 9.18 Å². The maximum absolute atomic E-state index is 12.7. The van der Waals surface area contributed by atoms with E-state index in [0.29, 0.717) is 5.56 Å². The Balaban J connectivity index is 2.41. The van der Waals surface area contributed by atoms with Crippen molar-refractivity contribution in [2.75, 3.05) is 13.7 Å². The van der Waals surface area contributed by atoms with Crippen LogP contribution in [0.1, 0.15) is 5.56 Å². The van der Waals surface area contributed by atoms with Crippen LogP contribution >= 0.6 is 0 Å². The quantitative estimate of drug-likeness (QED) is 0.688. The smallest absolute Gasteiger partial charge is 0.332 e. The SMILES string of the molecule is COCC(=O)OCc1cccc(F)c1. The maximum Gasteiger partial charge on any atom is 0.332 e. The highest BCUT2D eigenvalue weighted by Crippen LogP contribution is 2.04. The molecular formula is C10H11FO3. The Hall–Kier alpha value is -1.42. The molecule has 1 aromatic rings. The third kappa shape index (κ3) is 3.53. The van der Waals surface area contributed by atoms with E-state index in [1.165, 1.54) is 19.2 Å². The Morgan fingerprint density at radius 1 is 1.50 bits per heavy atom. The van der Waals surface area contributed by atoms with Gasteiger partial charge >= 0.3 is 5.97 Å². The average Bonchev–Trinajstić information content (AvgIpc) is 2.15. The van der Waals surface area contributed by atoms with Gasteiger partial charge < -0.3 is 9.47 Å². The molecule has 0 radical (unpaired) electrons. The normalized spacial score (nSPS) is 9.86. The monoisotopic (exact) mass is 198 g/mol. The zero-order valence-electron chi connectivity index (χ0n) is 7.83. The summed E-state index contributed by atoms with van der Waals surface area (Å²) in [6.07, 6.45) is 0. The van der Waals surface area contributed by atoms with E-state index in [4.69, 9.17) is 4.74 Å². The second-order valence-corrected chi connectivity index (χ2v) is 2.72. The molecule has 0 saturated heterocycles. The van der Waals surface area contributed by atoms with Gasteiger partial charge in [-0.15, -0.1) is 0 Å². The van der Waals surface area contributed by atoms with E-state index in [1.54, 1.807) is 12.1 Å². The number of hydrogen-bond donors (Lipinski definition) is 0. The Morgan fingerprint density at radius 2 is 2.29 bits per heavy atom. The molecule has 1 aromatic carbocycles. The maximum atomic E-state index is 12.7. The molecule has 0 N–H and O–H groups in total. The molecule has 0 amide bonds. The fourth-order valence-electron chi connectivity index (χ4n) is 0.950. The Kier molecular flexibility index (Phi) is 4.07. The van der Waals surface area contributed by atoms with Gasteiger partial charge in [-0.05, 0) is 17.7 Å². The van der Waals surface area contributed by atoms with Gasteiger partial charge in [0.2, 0.25) is 0 Å².